The number of pyridine rings is 1. The van der Waals surface area contributed by atoms with Crippen LogP contribution in [0.2, 0.25) is 0 Å². The molecule has 4 heterocycles. The maximum absolute atomic E-state index is 12.9. The number of carbonyl (C=O) groups is 1. The van der Waals surface area contributed by atoms with Gasteiger partial charge in [0.15, 0.2) is 5.84 Å². The maximum atomic E-state index is 12.9. The second-order valence-corrected chi connectivity index (χ2v) is 10.1. The number of piperidine rings is 1. The molecule has 0 aliphatic carbocycles. The van der Waals surface area contributed by atoms with Crippen LogP contribution in [0.1, 0.15) is 28.8 Å². The largest absolute Gasteiger partial charge is 0.492 e. The molecule has 0 unspecified atom stereocenters. The molecule has 2 saturated heterocycles. The van der Waals surface area contributed by atoms with E-state index in [-0.39, 0.29) is 17.7 Å². The average molecular weight is 501 g/mol. The highest BCUT2D eigenvalue weighted by atomic mass is 32.2. The summed E-state index contributed by atoms with van der Waals surface area (Å²) in [5.74, 6) is 1.39. The molecule has 0 bridgehead atoms. The number of anilines is 2. The van der Waals surface area contributed by atoms with E-state index in [1.54, 1.807) is 30.5 Å². The van der Waals surface area contributed by atoms with Gasteiger partial charge in [-0.15, -0.1) is 4.40 Å². The number of amides is 1. The number of nitrogens with one attached hydrogen (secondary N) is 1. The van der Waals surface area contributed by atoms with Gasteiger partial charge in [0.2, 0.25) is 0 Å². The number of aromatic nitrogens is 1. The number of hydrogen-bond acceptors (Lipinski definition) is 8. The van der Waals surface area contributed by atoms with Gasteiger partial charge in [0, 0.05) is 43.9 Å². The Morgan fingerprint density at radius 2 is 2.06 bits per heavy atom. The smallest absolute Gasteiger partial charge is 0.344 e. The molecule has 186 valence electrons. The van der Waals surface area contributed by atoms with Crippen molar-refractivity contribution in [2.45, 2.75) is 12.8 Å². The Kier molecular flexibility index (Phi) is 6.48. The lowest BCUT2D eigenvalue weighted by Gasteiger charge is -2.34. The van der Waals surface area contributed by atoms with E-state index in [0.29, 0.717) is 55.5 Å². The number of carbonyl (C=O) groups excluding carboxylic acids is 1. The molecule has 0 saturated carbocycles. The Morgan fingerprint density at radius 3 is 2.89 bits per heavy atom. The van der Waals surface area contributed by atoms with Crippen molar-refractivity contribution in [2.75, 3.05) is 55.6 Å². The van der Waals surface area contributed by atoms with E-state index in [0.717, 1.165) is 31.7 Å². The topological polar surface area (TPSA) is 139 Å². The summed E-state index contributed by atoms with van der Waals surface area (Å²) >= 11 is 0. The molecule has 35 heavy (non-hydrogen) atoms. The van der Waals surface area contributed by atoms with Crippen LogP contribution in [-0.2, 0) is 14.9 Å². The lowest BCUT2D eigenvalue weighted by molar-refractivity contribution is 0.0303. The van der Waals surface area contributed by atoms with Crippen molar-refractivity contribution in [1.82, 2.24) is 9.88 Å². The molecule has 2 aromatic rings. The van der Waals surface area contributed by atoms with Gasteiger partial charge < -0.3 is 25.0 Å². The zero-order valence-corrected chi connectivity index (χ0v) is 20.0. The maximum Gasteiger partial charge on any atom is 0.344 e. The van der Waals surface area contributed by atoms with Crippen molar-refractivity contribution in [1.29, 1.82) is 0 Å². The standard InChI is InChI=1S/C23H28N6O5S/c24-22-21-18(26-35(31,32)27-22)4-1-5-19(21)34-15-16-3-2-8-29(14-16)20-13-17(6-7-25-20)23(30)28-9-11-33-12-10-28/h1,4-7,13,16,26H,2-3,8-12,14-15H2,(H2,24,27)/t16-/m0/s1. The van der Waals surface area contributed by atoms with E-state index in [9.17, 15) is 13.2 Å². The molecular formula is C23H28N6O5S. The molecule has 3 aliphatic rings. The summed E-state index contributed by atoms with van der Waals surface area (Å²) in [5, 5.41) is 0. The van der Waals surface area contributed by atoms with Crippen LogP contribution in [0.15, 0.2) is 40.9 Å². The Balaban J connectivity index is 1.25. The Hall–Kier alpha value is -3.38. The highest BCUT2D eigenvalue weighted by Gasteiger charge is 2.27. The van der Waals surface area contributed by atoms with Crippen LogP contribution in [0.4, 0.5) is 11.5 Å². The summed E-state index contributed by atoms with van der Waals surface area (Å²) in [6.45, 7) is 4.32. The predicted octanol–water partition coefficient (Wildman–Crippen LogP) is 1.22. The third kappa shape index (κ3) is 5.17. The number of nitrogens with two attached hydrogens (primary N) is 1. The highest BCUT2D eigenvalue weighted by molar-refractivity contribution is 7.91. The van der Waals surface area contributed by atoms with E-state index >= 15 is 0 Å². The van der Waals surface area contributed by atoms with Crippen LogP contribution in [-0.4, -0.2) is 76.0 Å². The number of morpholine rings is 1. The second kappa shape index (κ2) is 9.70. The normalized spacial score (nSPS) is 21.5. The van der Waals surface area contributed by atoms with Gasteiger partial charge in [-0.25, -0.2) is 4.98 Å². The van der Waals surface area contributed by atoms with Gasteiger partial charge >= 0.3 is 10.2 Å². The van der Waals surface area contributed by atoms with Gasteiger partial charge in [0.05, 0.1) is 31.1 Å². The predicted molar refractivity (Wildman–Crippen MR) is 131 cm³/mol. The molecule has 3 N–H and O–H groups in total. The first-order valence-corrected chi connectivity index (χ1v) is 13.1. The number of hydrogen-bond donors (Lipinski definition) is 2. The van der Waals surface area contributed by atoms with Gasteiger partial charge in [0.25, 0.3) is 5.91 Å². The van der Waals surface area contributed by atoms with Crippen molar-refractivity contribution < 1.29 is 22.7 Å². The first kappa shape index (κ1) is 23.4. The van der Waals surface area contributed by atoms with Crippen LogP contribution >= 0.6 is 0 Å². The van der Waals surface area contributed by atoms with Crippen LogP contribution in [0.5, 0.6) is 5.75 Å². The van der Waals surface area contributed by atoms with Crippen LogP contribution in [0.3, 0.4) is 0 Å². The van der Waals surface area contributed by atoms with E-state index < -0.39 is 10.2 Å². The molecule has 1 aromatic heterocycles. The average Bonchev–Trinajstić information content (AvgIpc) is 2.87. The van der Waals surface area contributed by atoms with E-state index in [4.69, 9.17) is 15.2 Å². The SMILES string of the molecule is NC1=NS(=O)(=O)Nc2cccc(OC[C@H]3CCCN(c4cc(C(=O)N5CCOCC5)ccn4)C3)c21. The fraction of sp³-hybridized carbons (Fsp3) is 0.435. The van der Waals surface area contributed by atoms with E-state index in [2.05, 4.69) is 19.0 Å². The minimum absolute atomic E-state index is 0.00225. The van der Waals surface area contributed by atoms with Gasteiger partial charge in [0.1, 0.15) is 11.6 Å². The minimum atomic E-state index is -3.84. The zero-order valence-electron chi connectivity index (χ0n) is 19.2. The monoisotopic (exact) mass is 500 g/mol. The summed E-state index contributed by atoms with van der Waals surface area (Å²) in [6.07, 6.45) is 3.63. The zero-order chi connectivity index (χ0) is 24.4. The molecule has 12 heteroatoms. The lowest BCUT2D eigenvalue weighted by Crippen LogP contribution is -2.41. The minimum Gasteiger partial charge on any atom is -0.492 e. The lowest BCUT2D eigenvalue weighted by atomic mass is 9.98. The fourth-order valence-corrected chi connectivity index (χ4v) is 5.47. The summed E-state index contributed by atoms with van der Waals surface area (Å²) in [5.41, 5.74) is 7.35. The van der Waals surface area contributed by atoms with Crippen molar-refractivity contribution >= 4 is 33.5 Å². The first-order chi connectivity index (χ1) is 16.9. The Labute approximate surface area is 204 Å². The number of nitrogens with zero attached hydrogens (tertiary/aromatic N) is 4. The number of amidine groups is 1. The Bertz CT molecular complexity index is 1240. The summed E-state index contributed by atoms with van der Waals surface area (Å²) in [7, 11) is -3.84. The van der Waals surface area contributed by atoms with Crippen molar-refractivity contribution in [3.05, 3.63) is 47.7 Å². The van der Waals surface area contributed by atoms with E-state index in [1.165, 1.54) is 0 Å². The number of fused-ring (bicyclic) bond motifs is 1. The molecule has 0 spiro atoms. The molecule has 0 radical (unpaired) electrons. The summed E-state index contributed by atoms with van der Waals surface area (Å²) in [4.78, 5) is 21.4. The fourth-order valence-electron chi connectivity index (χ4n) is 4.63. The third-order valence-corrected chi connectivity index (χ3v) is 7.26. The Morgan fingerprint density at radius 1 is 1.23 bits per heavy atom. The number of benzene rings is 1. The molecule has 5 rings (SSSR count). The molecule has 3 aliphatic heterocycles. The number of ether oxygens (including phenoxy) is 2. The molecule has 1 amide bonds. The van der Waals surface area contributed by atoms with Crippen molar-refractivity contribution in [3.8, 4) is 5.75 Å². The third-order valence-electron chi connectivity index (χ3n) is 6.35. The highest BCUT2D eigenvalue weighted by Crippen LogP contribution is 2.31. The van der Waals surface area contributed by atoms with Crippen LogP contribution < -0.4 is 20.1 Å². The molecule has 11 nitrogen and oxygen atoms in total. The first-order valence-electron chi connectivity index (χ1n) is 11.6. The van der Waals surface area contributed by atoms with Gasteiger partial charge in [-0.2, -0.15) is 8.42 Å². The van der Waals surface area contributed by atoms with Crippen LogP contribution in [0, 0.1) is 5.92 Å². The number of rotatable bonds is 5. The molecule has 2 fully saturated rings. The van der Waals surface area contributed by atoms with E-state index in [1.807, 2.05) is 11.0 Å². The molecule has 1 atom stereocenters. The summed E-state index contributed by atoms with van der Waals surface area (Å²) < 4.78 is 41.0. The quantitative estimate of drug-likeness (QED) is 0.625. The van der Waals surface area contributed by atoms with Gasteiger partial charge in [-0.3, -0.25) is 9.52 Å². The van der Waals surface area contributed by atoms with Crippen LogP contribution in [0.25, 0.3) is 0 Å². The van der Waals surface area contributed by atoms with Gasteiger partial charge in [-0.1, -0.05) is 6.07 Å². The van der Waals surface area contributed by atoms with Crippen molar-refractivity contribution in [3.63, 3.8) is 0 Å². The molecule has 1 aromatic carbocycles. The van der Waals surface area contributed by atoms with Crippen molar-refractivity contribution in [2.24, 2.45) is 16.0 Å². The van der Waals surface area contributed by atoms with Gasteiger partial charge in [-0.05, 0) is 37.1 Å². The second-order valence-electron chi connectivity index (χ2n) is 8.80. The molecular weight excluding hydrogens is 472 g/mol. The summed E-state index contributed by atoms with van der Waals surface area (Å²) in [6, 6.07) is 8.70.